The summed E-state index contributed by atoms with van der Waals surface area (Å²) >= 11 is 0. The van der Waals surface area contributed by atoms with Gasteiger partial charge in [-0.1, -0.05) is 11.2 Å². The molecular formula is C20H24N6O2. The number of aromatic nitrogens is 3. The number of rotatable bonds is 4. The van der Waals surface area contributed by atoms with E-state index in [4.69, 9.17) is 4.42 Å². The van der Waals surface area contributed by atoms with E-state index < -0.39 is 0 Å². The first-order chi connectivity index (χ1) is 13.5. The lowest BCUT2D eigenvalue weighted by atomic mass is 9.96. The van der Waals surface area contributed by atoms with Gasteiger partial charge < -0.3 is 19.5 Å². The molecule has 0 bridgehead atoms. The molecule has 3 heterocycles. The van der Waals surface area contributed by atoms with Crippen molar-refractivity contribution in [1.29, 1.82) is 0 Å². The van der Waals surface area contributed by atoms with Gasteiger partial charge in [0.15, 0.2) is 0 Å². The molecule has 8 nitrogen and oxygen atoms in total. The highest BCUT2D eigenvalue weighted by molar-refractivity contribution is 5.94. The van der Waals surface area contributed by atoms with Crippen molar-refractivity contribution in [2.24, 2.45) is 5.92 Å². The minimum absolute atomic E-state index is 0.0443. The molecule has 28 heavy (non-hydrogen) atoms. The lowest BCUT2D eigenvalue weighted by Gasteiger charge is -2.27. The molecule has 0 radical (unpaired) electrons. The van der Waals surface area contributed by atoms with Crippen molar-refractivity contribution in [2.75, 3.05) is 44.4 Å². The maximum Gasteiger partial charge on any atom is 0.317 e. The fraction of sp³-hybridized carbons (Fsp3) is 0.400. The van der Waals surface area contributed by atoms with Gasteiger partial charge in [-0.15, -0.1) is 5.10 Å². The number of nitrogens with one attached hydrogen (secondary N) is 1. The predicted molar refractivity (Wildman–Crippen MR) is 108 cm³/mol. The molecule has 0 unspecified atom stereocenters. The van der Waals surface area contributed by atoms with Crippen molar-refractivity contribution in [2.45, 2.75) is 12.8 Å². The highest BCUT2D eigenvalue weighted by atomic mass is 16.4. The molecule has 1 amide bonds. The van der Waals surface area contributed by atoms with Crippen molar-refractivity contribution >= 4 is 28.5 Å². The van der Waals surface area contributed by atoms with Crippen LogP contribution in [0, 0.1) is 5.92 Å². The first kappa shape index (κ1) is 18.4. The Morgan fingerprint density at radius 2 is 1.96 bits per heavy atom. The van der Waals surface area contributed by atoms with Gasteiger partial charge in [0, 0.05) is 37.2 Å². The normalized spacial score (nSPS) is 15.7. The SMILES string of the molecule is CN1CCC(C(=O)Nc2cc3cc(-c4nnc(N(C)C)o4)ccc3cn2)CC1. The Balaban J connectivity index is 1.54. The van der Waals surface area contributed by atoms with E-state index in [1.54, 1.807) is 11.1 Å². The zero-order valence-corrected chi connectivity index (χ0v) is 16.3. The maximum atomic E-state index is 12.6. The third-order valence-electron chi connectivity index (χ3n) is 5.11. The molecule has 1 aliphatic rings. The van der Waals surface area contributed by atoms with Crippen molar-refractivity contribution in [3.8, 4) is 11.5 Å². The van der Waals surface area contributed by atoms with Crippen LogP contribution in [0.3, 0.4) is 0 Å². The number of nitrogens with zero attached hydrogens (tertiary/aromatic N) is 5. The van der Waals surface area contributed by atoms with Crippen LogP contribution in [0.5, 0.6) is 0 Å². The molecule has 8 heteroatoms. The van der Waals surface area contributed by atoms with Gasteiger partial charge in [0.05, 0.1) is 0 Å². The molecule has 146 valence electrons. The second-order valence-corrected chi connectivity index (χ2v) is 7.48. The summed E-state index contributed by atoms with van der Waals surface area (Å²) in [6, 6.07) is 8.19. The molecule has 2 aromatic heterocycles. The molecule has 3 aromatic rings. The second-order valence-electron chi connectivity index (χ2n) is 7.48. The molecule has 0 saturated carbocycles. The van der Waals surface area contributed by atoms with E-state index in [0.29, 0.717) is 17.7 Å². The zero-order chi connectivity index (χ0) is 19.7. The first-order valence-corrected chi connectivity index (χ1v) is 9.40. The third-order valence-corrected chi connectivity index (χ3v) is 5.11. The van der Waals surface area contributed by atoms with Crippen LogP contribution in [-0.2, 0) is 4.79 Å². The fourth-order valence-electron chi connectivity index (χ4n) is 3.35. The number of amides is 1. The number of benzene rings is 1. The summed E-state index contributed by atoms with van der Waals surface area (Å²) in [4.78, 5) is 21.0. The Kier molecular flexibility index (Phi) is 4.95. The molecule has 0 atom stereocenters. The number of carbonyl (C=O) groups is 1. The van der Waals surface area contributed by atoms with Crippen LogP contribution in [0.2, 0.25) is 0 Å². The highest BCUT2D eigenvalue weighted by Gasteiger charge is 2.23. The summed E-state index contributed by atoms with van der Waals surface area (Å²) in [5.41, 5.74) is 0.826. The van der Waals surface area contributed by atoms with Crippen LogP contribution < -0.4 is 10.2 Å². The fourth-order valence-corrected chi connectivity index (χ4v) is 3.35. The molecular weight excluding hydrogens is 356 g/mol. The predicted octanol–water partition coefficient (Wildman–Crippen LogP) is 2.63. The minimum Gasteiger partial charge on any atom is -0.403 e. The van der Waals surface area contributed by atoms with Crippen molar-refractivity contribution in [1.82, 2.24) is 20.1 Å². The number of hydrogen-bond donors (Lipinski definition) is 1. The van der Waals surface area contributed by atoms with Gasteiger partial charge in [0.25, 0.3) is 0 Å². The second kappa shape index (κ2) is 7.55. The van der Waals surface area contributed by atoms with Gasteiger partial charge in [-0.2, -0.15) is 0 Å². The standard InChI is InChI=1S/C20H24N6O2/c1-25(2)20-24-23-19(28-20)14-4-5-15-12-21-17(11-16(15)10-14)22-18(27)13-6-8-26(3)9-7-13/h4-5,10-13H,6-9H2,1-3H3,(H,21,22,27). The van der Waals surface area contributed by atoms with Gasteiger partial charge in [-0.05, 0) is 56.6 Å². The van der Waals surface area contributed by atoms with Gasteiger partial charge in [0.2, 0.25) is 11.8 Å². The summed E-state index contributed by atoms with van der Waals surface area (Å²) in [6.45, 7) is 1.90. The molecule has 0 aliphatic carbocycles. The lowest BCUT2D eigenvalue weighted by molar-refractivity contribution is -0.121. The van der Waals surface area contributed by atoms with Crippen LogP contribution in [0.25, 0.3) is 22.2 Å². The van der Waals surface area contributed by atoms with E-state index >= 15 is 0 Å². The summed E-state index contributed by atoms with van der Waals surface area (Å²) < 4.78 is 5.68. The van der Waals surface area contributed by atoms with Crippen LogP contribution in [0.4, 0.5) is 11.8 Å². The quantitative estimate of drug-likeness (QED) is 0.744. The van der Waals surface area contributed by atoms with Crippen LogP contribution in [0.15, 0.2) is 34.9 Å². The van der Waals surface area contributed by atoms with Crippen molar-refractivity contribution in [3.63, 3.8) is 0 Å². The average Bonchev–Trinajstić information content (AvgIpc) is 3.18. The van der Waals surface area contributed by atoms with Gasteiger partial charge in [0.1, 0.15) is 5.82 Å². The molecule has 1 fully saturated rings. The summed E-state index contributed by atoms with van der Waals surface area (Å²) in [5.74, 6) is 1.11. The van der Waals surface area contributed by atoms with E-state index in [0.717, 1.165) is 42.3 Å². The van der Waals surface area contributed by atoms with E-state index in [1.807, 2.05) is 38.4 Å². The van der Waals surface area contributed by atoms with E-state index in [9.17, 15) is 4.79 Å². The van der Waals surface area contributed by atoms with Crippen molar-refractivity contribution < 1.29 is 9.21 Å². The number of hydrogen-bond acceptors (Lipinski definition) is 7. The number of fused-ring (bicyclic) bond motifs is 1. The van der Waals surface area contributed by atoms with Crippen molar-refractivity contribution in [3.05, 3.63) is 30.5 Å². The summed E-state index contributed by atoms with van der Waals surface area (Å²) in [6.07, 6.45) is 3.53. The van der Waals surface area contributed by atoms with Crippen LogP contribution in [0.1, 0.15) is 12.8 Å². The van der Waals surface area contributed by atoms with E-state index in [2.05, 4.69) is 32.4 Å². The summed E-state index contributed by atoms with van der Waals surface area (Å²) in [5, 5.41) is 13.0. The minimum atomic E-state index is 0.0443. The van der Waals surface area contributed by atoms with E-state index in [-0.39, 0.29) is 11.8 Å². The average molecular weight is 380 g/mol. The topological polar surface area (TPSA) is 87.4 Å². The Hall–Kier alpha value is -3.00. The molecule has 4 rings (SSSR count). The zero-order valence-electron chi connectivity index (χ0n) is 16.3. The number of pyridine rings is 1. The maximum absolute atomic E-state index is 12.6. The molecule has 1 saturated heterocycles. The number of piperidine rings is 1. The summed E-state index contributed by atoms with van der Waals surface area (Å²) in [7, 11) is 5.78. The highest BCUT2D eigenvalue weighted by Crippen LogP contribution is 2.26. The molecule has 1 N–H and O–H groups in total. The Bertz CT molecular complexity index is 991. The van der Waals surface area contributed by atoms with Gasteiger partial charge >= 0.3 is 6.01 Å². The largest absolute Gasteiger partial charge is 0.403 e. The molecule has 0 spiro atoms. The van der Waals surface area contributed by atoms with Gasteiger partial charge in [-0.25, -0.2) is 4.98 Å². The molecule has 1 aliphatic heterocycles. The smallest absolute Gasteiger partial charge is 0.317 e. The number of anilines is 2. The van der Waals surface area contributed by atoms with Gasteiger partial charge in [-0.3, -0.25) is 4.79 Å². The lowest BCUT2D eigenvalue weighted by Crippen LogP contribution is -2.36. The van der Waals surface area contributed by atoms with Crippen LogP contribution >= 0.6 is 0 Å². The Labute approximate surface area is 163 Å². The third kappa shape index (κ3) is 3.82. The monoisotopic (exact) mass is 380 g/mol. The number of carbonyl (C=O) groups excluding carboxylic acids is 1. The van der Waals surface area contributed by atoms with Crippen LogP contribution in [-0.4, -0.2) is 60.2 Å². The van der Waals surface area contributed by atoms with E-state index in [1.165, 1.54) is 0 Å². The molecule has 1 aromatic carbocycles. The Morgan fingerprint density at radius 3 is 2.68 bits per heavy atom. The Morgan fingerprint density at radius 1 is 1.18 bits per heavy atom. The first-order valence-electron chi connectivity index (χ1n) is 9.40. The number of likely N-dealkylation sites (tertiary alicyclic amines) is 1.